The van der Waals surface area contributed by atoms with E-state index in [-0.39, 0.29) is 50.6 Å². The number of carbonyl (C=O) groups excluding carboxylic acids is 1. The van der Waals surface area contributed by atoms with Crippen molar-refractivity contribution in [3.63, 3.8) is 0 Å². The first-order valence-corrected chi connectivity index (χ1v) is 13.8. The van der Waals surface area contributed by atoms with Crippen molar-refractivity contribution in [2.75, 3.05) is 0 Å². The van der Waals surface area contributed by atoms with Crippen LogP contribution in [0.15, 0.2) is 12.2 Å². The predicted octanol–water partition coefficient (Wildman–Crippen LogP) is 4.74. The molecule has 0 aromatic carbocycles. The number of carbonyl (C=O) groups is 1. The molecule has 0 radical (unpaired) electrons. The molecular weight excluding hydrogens is 433 g/mol. The van der Waals surface area contributed by atoms with Crippen LogP contribution in [0.25, 0.3) is 0 Å². The Hall–Kier alpha value is -0.0638. The SMILES string of the molecule is C=C(C)[C@@H]1CC[C@]2(C(=O)[O-])CC[C@]3(C)[C@H](CC[C@@H]4[C@@]5(C)CC[C@H]([O-])C(C)(C)[C@@H]5CC[C@]43C)[C@@H]12.[Mg+2]. The van der Waals surface area contributed by atoms with E-state index in [2.05, 4.69) is 48.1 Å². The number of aliphatic carboxylic acids is 1. The number of hydrogen-bond donors (Lipinski definition) is 0. The third kappa shape index (κ3) is 3.12. The topological polar surface area (TPSA) is 63.2 Å². The van der Waals surface area contributed by atoms with Gasteiger partial charge in [0.05, 0.1) is 0 Å². The fourth-order valence-electron chi connectivity index (χ4n) is 11.5. The number of hydrogen-bond acceptors (Lipinski definition) is 3. The number of fused-ring (bicyclic) bond motifs is 7. The predicted molar refractivity (Wildman–Crippen MR) is 134 cm³/mol. The number of carboxylic acid groups (broad SMARTS) is 1. The van der Waals surface area contributed by atoms with Crippen LogP contribution >= 0.6 is 0 Å². The molecule has 0 aliphatic heterocycles. The quantitative estimate of drug-likeness (QED) is 0.425. The van der Waals surface area contributed by atoms with E-state index in [9.17, 15) is 15.0 Å². The average Bonchev–Trinajstić information content (AvgIpc) is 3.13. The molecule has 186 valence electrons. The molecule has 5 aliphatic carbocycles. The van der Waals surface area contributed by atoms with Crippen LogP contribution in [0.2, 0.25) is 0 Å². The molecule has 0 unspecified atom stereocenters. The van der Waals surface area contributed by atoms with Gasteiger partial charge in [-0.25, -0.2) is 0 Å². The molecule has 0 aromatic heterocycles. The Bertz CT molecular complexity index is 867. The fraction of sp³-hybridized carbons (Fsp3) is 0.900. The summed E-state index contributed by atoms with van der Waals surface area (Å²) in [6.07, 6.45) is 9.58. The van der Waals surface area contributed by atoms with Crippen molar-refractivity contribution < 1.29 is 15.0 Å². The van der Waals surface area contributed by atoms with E-state index in [1.54, 1.807) is 0 Å². The van der Waals surface area contributed by atoms with Crippen molar-refractivity contribution in [1.29, 1.82) is 0 Å². The second kappa shape index (κ2) is 8.22. The first kappa shape index (κ1) is 27.0. The molecule has 3 nitrogen and oxygen atoms in total. The van der Waals surface area contributed by atoms with Crippen LogP contribution in [0, 0.1) is 56.7 Å². The van der Waals surface area contributed by atoms with Gasteiger partial charge in [-0.2, -0.15) is 0 Å². The molecule has 34 heavy (non-hydrogen) atoms. The second-order valence-electron chi connectivity index (χ2n) is 14.5. The first-order valence-electron chi connectivity index (χ1n) is 13.8. The minimum atomic E-state index is -0.795. The maximum absolute atomic E-state index is 13.0. The molecule has 5 rings (SSSR count). The summed E-state index contributed by atoms with van der Waals surface area (Å²) in [5.41, 5.74) is 0.945. The van der Waals surface area contributed by atoms with Gasteiger partial charge in [0, 0.05) is 11.4 Å². The molecule has 5 fully saturated rings. The van der Waals surface area contributed by atoms with Gasteiger partial charge >= 0.3 is 23.1 Å². The van der Waals surface area contributed by atoms with Crippen LogP contribution < -0.4 is 10.2 Å². The van der Waals surface area contributed by atoms with E-state index in [0.717, 1.165) is 51.4 Å². The minimum absolute atomic E-state index is 0. The largest absolute Gasteiger partial charge is 2.00 e. The minimum Gasteiger partial charge on any atom is -0.852 e. The van der Waals surface area contributed by atoms with E-state index in [0.29, 0.717) is 23.7 Å². The van der Waals surface area contributed by atoms with E-state index < -0.39 is 17.5 Å². The van der Waals surface area contributed by atoms with E-state index >= 15 is 0 Å². The van der Waals surface area contributed by atoms with Crippen molar-refractivity contribution in [2.24, 2.45) is 56.7 Å². The van der Waals surface area contributed by atoms with Gasteiger partial charge in [-0.3, -0.25) is 0 Å². The first-order chi connectivity index (χ1) is 15.3. The maximum atomic E-state index is 13.0. The van der Waals surface area contributed by atoms with Gasteiger partial charge in [0.1, 0.15) is 0 Å². The van der Waals surface area contributed by atoms with Gasteiger partial charge in [-0.1, -0.05) is 53.2 Å². The Morgan fingerprint density at radius 1 is 0.824 bits per heavy atom. The summed E-state index contributed by atoms with van der Waals surface area (Å²) >= 11 is 0. The fourth-order valence-corrected chi connectivity index (χ4v) is 11.5. The average molecular weight is 479 g/mol. The Morgan fingerprint density at radius 2 is 1.50 bits per heavy atom. The molecule has 0 aromatic rings. The summed E-state index contributed by atoms with van der Waals surface area (Å²) in [4.78, 5) is 12.6. The van der Waals surface area contributed by atoms with E-state index in [1.165, 1.54) is 18.4 Å². The zero-order valence-electron chi connectivity index (χ0n) is 22.7. The van der Waals surface area contributed by atoms with Gasteiger partial charge in [0.15, 0.2) is 0 Å². The summed E-state index contributed by atoms with van der Waals surface area (Å²) in [6.45, 7) is 18.6. The molecular formula is C30H46MgO3. The summed E-state index contributed by atoms with van der Waals surface area (Å²) in [7, 11) is 0. The molecule has 0 spiro atoms. The molecule has 10 atom stereocenters. The zero-order valence-corrected chi connectivity index (χ0v) is 24.1. The molecule has 0 N–H and O–H groups in total. The zero-order chi connectivity index (χ0) is 24.2. The van der Waals surface area contributed by atoms with Crippen LogP contribution in [0.1, 0.15) is 106 Å². The van der Waals surface area contributed by atoms with Gasteiger partial charge in [-0.05, 0) is 116 Å². The standard InChI is InChI=1S/C30H47O3.Mg/c1-18(2)19-10-15-30(25(32)33)17-16-28(6)20(24(19)30)8-9-22-27(5)13-12-23(31)26(3,4)21(27)11-14-29(22,28)7;/h19-24H,1,8-17H2,2-7H3,(H,32,33);/q-1;+2/p-1/t19-,20+,21-,22+,23-,24+,27-,28+,29+,30-;/m0./s1. The molecule has 0 bridgehead atoms. The van der Waals surface area contributed by atoms with Gasteiger partial charge in [0.2, 0.25) is 0 Å². The van der Waals surface area contributed by atoms with Crippen molar-refractivity contribution >= 4 is 29.0 Å². The van der Waals surface area contributed by atoms with Crippen LogP contribution in [0.3, 0.4) is 0 Å². The van der Waals surface area contributed by atoms with Crippen molar-refractivity contribution in [1.82, 2.24) is 0 Å². The maximum Gasteiger partial charge on any atom is 2.00 e. The Labute approximate surface area is 224 Å². The smallest absolute Gasteiger partial charge is 0.852 e. The number of allylic oxidation sites excluding steroid dienone is 1. The molecule has 5 aliphatic rings. The van der Waals surface area contributed by atoms with Crippen molar-refractivity contribution in [3.05, 3.63) is 12.2 Å². The molecule has 4 heteroatoms. The van der Waals surface area contributed by atoms with Gasteiger partial charge in [0.25, 0.3) is 0 Å². The van der Waals surface area contributed by atoms with E-state index in [1.807, 2.05) is 0 Å². The molecule has 0 amide bonds. The summed E-state index contributed by atoms with van der Waals surface area (Å²) in [6, 6.07) is 0. The van der Waals surface area contributed by atoms with Crippen LogP contribution in [0.4, 0.5) is 0 Å². The molecule has 0 heterocycles. The Balaban J connectivity index is 0.00000274. The van der Waals surface area contributed by atoms with Gasteiger partial charge in [-0.15, -0.1) is 6.10 Å². The van der Waals surface area contributed by atoms with Crippen LogP contribution in [-0.2, 0) is 4.79 Å². The summed E-state index contributed by atoms with van der Waals surface area (Å²) < 4.78 is 0. The van der Waals surface area contributed by atoms with E-state index in [4.69, 9.17) is 0 Å². The molecule has 0 saturated heterocycles. The van der Waals surface area contributed by atoms with Crippen molar-refractivity contribution in [2.45, 2.75) is 112 Å². The second-order valence-corrected chi connectivity index (χ2v) is 14.5. The van der Waals surface area contributed by atoms with Crippen LogP contribution in [0.5, 0.6) is 0 Å². The number of rotatable bonds is 2. The van der Waals surface area contributed by atoms with Crippen LogP contribution in [-0.4, -0.2) is 35.1 Å². The molecule has 5 saturated carbocycles. The summed E-state index contributed by atoms with van der Waals surface area (Å²) in [5.74, 6) is 1.25. The number of carboxylic acids is 1. The third-order valence-electron chi connectivity index (χ3n) is 13.4. The monoisotopic (exact) mass is 478 g/mol. The Kier molecular flexibility index (Phi) is 6.52. The third-order valence-corrected chi connectivity index (χ3v) is 13.4. The van der Waals surface area contributed by atoms with Crippen molar-refractivity contribution in [3.8, 4) is 0 Å². The Morgan fingerprint density at radius 3 is 2.12 bits per heavy atom. The normalized spacial score (nSPS) is 53.4. The summed E-state index contributed by atoms with van der Waals surface area (Å²) in [5, 5.41) is 25.6. The van der Waals surface area contributed by atoms with Gasteiger partial charge < -0.3 is 15.0 Å².